The van der Waals surface area contributed by atoms with Crippen LogP contribution in [-0.2, 0) is 4.74 Å². The van der Waals surface area contributed by atoms with Crippen LogP contribution in [-0.4, -0.2) is 20.2 Å². The monoisotopic (exact) mass is 225 g/mol. The van der Waals surface area contributed by atoms with Crippen molar-refractivity contribution in [2.24, 2.45) is 0 Å². The van der Waals surface area contributed by atoms with Crippen molar-refractivity contribution >= 4 is 23.3 Å². The van der Waals surface area contributed by atoms with E-state index in [-0.39, 0.29) is 22.0 Å². The van der Waals surface area contributed by atoms with E-state index in [1.165, 1.54) is 26.4 Å². The van der Waals surface area contributed by atoms with Crippen molar-refractivity contribution in [1.29, 1.82) is 0 Å². The van der Waals surface area contributed by atoms with E-state index < -0.39 is 5.97 Å². The van der Waals surface area contributed by atoms with Gasteiger partial charge in [-0.1, -0.05) is 11.6 Å². The number of ether oxygens (including phenoxy) is 2. The van der Waals surface area contributed by atoms with E-state index >= 15 is 0 Å². The fraction of sp³-hybridized carbons (Fsp3) is 0.200. The fourth-order valence-electron chi connectivity index (χ4n) is 1.07. The third-order valence-electron chi connectivity index (χ3n) is 1.79. The molecule has 0 aromatic heterocycles. The lowest BCUT2D eigenvalue weighted by Gasteiger charge is -2.08. The summed E-state index contributed by atoms with van der Waals surface area (Å²) in [7, 11) is 2.67. The zero-order valence-corrected chi connectivity index (χ0v) is 8.96. The lowest BCUT2D eigenvalue weighted by molar-refractivity contribution is 0.0597. The second-order valence-corrected chi connectivity index (χ2v) is 3.01. The van der Waals surface area contributed by atoms with Gasteiger partial charge in [-0.25, -0.2) is 9.64 Å². The largest absolute Gasteiger partial charge is 0.497 e. The first-order valence-corrected chi connectivity index (χ1v) is 4.35. The highest BCUT2D eigenvalue weighted by atomic mass is 35.5. The van der Waals surface area contributed by atoms with Crippen LogP contribution in [0.2, 0.25) is 5.02 Å². The van der Waals surface area contributed by atoms with E-state index in [0.717, 1.165) is 0 Å². The van der Waals surface area contributed by atoms with Crippen LogP contribution in [0.5, 0.6) is 5.75 Å². The molecular weight excluding hydrogens is 218 g/mol. The van der Waals surface area contributed by atoms with E-state index in [9.17, 15) is 4.79 Å². The number of hydrogen-bond acceptors (Lipinski definition) is 3. The zero-order valence-electron chi connectivity index (χ0n) is 8.20. The molecule has 1 aromatic carbocycles. The standard InChI is InChI=1S/C10H8ClNO3/c1-12-8-5-9(14-2)6(4-7(8)11)10(13)15-3/h4-5H,2-3H3. The molecule has 0 aliphatic rings. The molecular formula is C10H8ClNO3. The Balaban J connectivity index is 3.35. The van der Waals surface area contributed by atoms with Gasteiger partial charge in [-0.2, -0.15) is 0 Å². The molecule has 0 heterocycles. The highest BCUT2D eigenvalue weighted by Gasteiger charge is 2.15. The summed E-state index contributed by atoms with van der Waals surface area (Å²) in [5, 5.41) is 0.200. The smallest absolute Gasteiger partial charge is 0.341 e. The van der Waals surface area contributed by atoms with Crippen molar-refractivity contribution in [1.82, 2.24) is 0 Å². The van der Waals surface area contributed by atoms with Gasteiger partial charge in [0.2, 0.25) is 5.69 Å². The number of halogens is 1. The zero-order chi connectivity index (χ0) is 11.4. The van der Waals surface area contributed by atoms with Gasteiger partial charge in [-0.05, 0) is 12.1 Å². The second kappa shape index (κ2) is 4.67. The van der Waals surface area contributed by atoms with Crippen molar-refractivity contribution in [3.05, 3.63) is 34.1 Å². The minimum Gasteiger partial charge on any atom is -0.497 e. The third-order valence-corrected chi connectivity index (χ3v) is 2.10. The van der Waals surface area contributed by atoms with Crippen molar-refractivity contribution < 1.29 is 14.3 Å². The van der Waals surface area contributed by atoms with Gasteiger partial charge < -0.3 is 9.47 Å². The van der Waals surface area contributed by atoms with E-state index in [0.29, 0.717) is 0 Å². The van der Waals surface area contributed by atoms with Crippen LogP contribution < -0.4 is 4.74 Å². The van der Waals surface area contributed by atoms with Crippen LogP contribution in [0.1, 0.15) is 10.4 Å². The molecule has 4 nitrogen and oxygen atoms in total. The van der Waals surface area contributed by atoms with E-state index in [4.69, 9.17) is 22.9 Å². The van der Waals surface area contributed by atoms with Crippen molar-refractivity contribution in [3.63, 3.8) is 0 Å². The number of carbonyl (C=O) groups is 1. The Morgan fingerprint density at radius 1 is 1.47 bits per heavy atom. The van der Waals surface area contributed by atoms with Gasteiger partial charge in [-0.15, -0.1) is 0 Å². The predicted octanol–water partition coefficient (Wildman–Crippen LogP) is 2.69. The number of rotatable bonds is 2. The summed E-state index contributed by atoms with van der Waals surface area (Å²) in [6.07, 6.45) is 0. The molecule has 0 saturated carbocycles. The Kier molecular flexibility index (Phi) is 3.53. The lowest BCUT2D eigenvalue weighted by Crippen LogP contribution is -2.03. The molecule has 0 aliphatic heterocycles. The Morgan fingerprint density at radius 2 is 2.13 bits per heavy atom. The van der Waals surface area contributed by atoms with E-state index in [1.807, 2.05) is 0 Å². The molecule has 0 aliphatic carbocycles. The lowest BCUT2D eigenvalue weighted by atomic mass is 10.2. The molecule has 0 atom stereocenters. The van der Waals surface area contributed by atoms with Crippen molar-refractivity contribution in [3.8, 4) is 5.75 Å². The molecule has 78 valence electrons. The summed E-state index contributed by atoms with van der Waals surface area (Å²) >= 11 is 5.78. The summed E-state index contributed by atoms with van der Waals surface area (Å²) in [4.78, 5) is 14.5. The van der Waals surface area contributed by atoms with Gasteiger partial charge in [0.25, 0.3) is 0 Å². The first-order valence-electron chi connectivity index (χ1n) is 3.97. The molecule has 15 heavy (non-hydrogen) atoms. The minimum atomic E-state index is -0.551. The molecule has 5 heteroatoms. The normalized spacial score (nSPS) is 9.20. The van der Waals surface area contributed by atoms with Crippen LogP contribution in [0, 0.1) is 6.57 Å². The minimum absolute atomic E-state index is 0.200. The van der Waals surface area contributed by atoms with Crippen LogP contribution in [0.3, 0.4) is 0 Å². The molecule has 0 radical (unpaired) electrons. The van der Waals surface area contributed by atoms with Gasteiger partial charge in [0.15, 0.2) is 0 Å². The summed E-state index contributed by atoms with van der Waals surface area (Å²) in [6.45, 7) is 6.85. The summed E-state index contributed by atoms with van der Waals surface area (Å²) in [6, 6.07) is 2.77. The Hall–Kier alpha value is -1.73. The predicted molar refractivity (Wildman–Crippen MR) is 55.6 cm³/mol. The summed E-state index contributed by atoms with van der Waals surface area (Å²) in [5.74, 6) is -0.275. The SMILES string of the molecule is [C-]#[N+]c1cc(OC)c(C(=O)OC)cc1Cl. The maximum atomic E-state index is 11.3. The van der Waals surface area contributed by atoms with Crippen molar-refractivity contribution in [2.75, 3.05) is 14.2 Å². The molecule has 0 N–H and O–H groups in total. The molecule has 0 spiro atoms. The second-order valence-electron chi connectivity index (χ2n) is 2.61. The van der Waals surface area contributed by atoms with Crippen LogP contribution in [0.15, 0.2) is 12.1 Å². The number of nitrogens with zero attached hydrogens (tertiary/aromatic N) is 1. The Bertz CT molecular complexity index is 437. The number of esters is 1. The first-order chi connectivity index (χ1) is 7.13. The average Bonchev–Trinajstić information content (AvgIpc) is 2.27. The first kappa shape index (κ1) is 11.3. The Labute approximate surface area is 92.2 Å². The molecule has 0 saturated heterocycles. The maximum Gasteiger partial charge on any atom is 0.341 e. The highest BCUT2D eigenvalue weighted by molar-refractivity contribution is 6.33. The molecule has 1 rings (SSSR count). The molecule has 0 amide bonds. The van der Waals surface area contributed by atoms with Crippen LogP contribution >= 0.6 is 11.6 Å². The van der Waals surface area contributed by atoms with E-state index in [2.05, 4.69) is 9.58 Å². The number of benzene rings is 1. The molecule has 0 fully saturated rings. The average molecular weight is 226 g/mol. The molecule has 1 aromatic rings. The maximum absolute atomic E-state index is 11.3. The number of hydrogen-bond donors (Lipinski definition) is 0. The third kappa shape index (κ3) is 2.20. The summed E-state index contributed by atoms with van der Waals surface area (Å²) in [5.41, 5.74) is 0.443. The number of carbonyl (C=O) groups excluding carboxylic acids is 1. The van der Waals surface area contributed by atoms with Crippen LogP contribution in [0.25, 0.3) is 4.85 Å². The van der Waals surface area contributed by atoms with Gasteiger partial charge in [0.1, 0.15) is 11.3 Å². The van der Waals surface area contributed by atoms with E-state index in [1.54, 1.807) is 0 Å². The topological polar surface area (TPSA) is 39.9 Å². The highest BCUT2D eigenvalue weighted by Crippen LogP contribution is 2.33. The van der Waals surface area contributed by atoms with Gasteiger partial charge in [0, 0.05) is 5.02 Å². The van der Waals surface area contributed by atoms with Gasteiger partial charge >= 0.3 is 5.97 Å². The van der Waals surface area contributed by atoms with Gasteiger partial charge in [-0.3, -0.25) is 0 Å². The Morgan fingerprint density at radius 3 is 2.60 bits per heavy atom. The fourth-order valence-corrected chi connectivity index (χ4v) is 1.27. The van der Waals surface area contributed by atoms with Crippen molar-refractivity contribution in [2.45, 2.75) is 0 Å². The van der Waals surface area contributed by atoms with Gasteiger partial charge in [0.05, 0.1) is 20.8 Å². The quantitative estimate of drug-likeness (QED) is 0.574. The van der Waals surface area contributed by atoms with Crippen LogP contribution in [0.4, 0.5) is 5.69 Å². The summed E-state index contributed by atoms with van der Waals surface area (Å²) < 4.78 is 9.52. The number of methoxy groups -OCH3 is 2. The molecule has 0 unspecified atom stereocenters. The molecule has 0 bridgehead atoms.